The van der Waals surface area contributed by atoms with E-state index in [0.717, 1.165) is 0 Å². The van der Waals surface area contributed by atoms with Crippen LogP contribution in [0.3, 0.4) is 0 Å². The van der Waals surface area contributed by atoms with Crippen molar-refractivity contribution in [1.82, 2.24) is 0 Å². The first-order valence-electron chi connectivity index (χ1n) is 2.58. The van der Waals surface area contributed by atoms with Gasteiger partial charge in [0.2, 0.25) is 0 Å². The van der Waals surface area contributed by atoms with E-state index in [-0.39, 0.29) is 6.15 Å². The van der Waals surface area contributed by atoms with Crippen molar-refractivity contribution in [2.45, 2.75) is 0 Å². The van der Waals surface area contributed by atoms with E-state index in [0.29, 0.717) is 10.0 Å². The molecule has 13 heavy (non-hydrogen) atoms. The predicted octanol–water partition coefficient (Wildman–Crippen LogP) is 5.58. The molecule has 0 unspecified atom stereocenters. The van der Waals surface area contributed by atoms with Crippen LogP contribution in [0.15, 0.2) is 18.2 Å². The van der Waals surface area contributed by atoms with Gasteiger partial charge >= 0.3 is 41.5 Å². The standard InChI is InChI=1S/C6H3Cl2.3ClH.Cr.H2N/c7-5-2-1-3-6(8)4-5;;;;;/h1-2,4H;3*1H;;1H2/q-1;;;;+3;-1/p-3. The Balaban J connectivity index is 0. The zero-order valence-electron chi connectivity index (χ0n) is 6.11. The van der Waals surface area contributed by atoms with Crippen molar-refractivity contribution in [3.05, 3.63) is 40.5 Å². The fourth-order valence-corrected chi connectivity index (χ4v) is 0.820. The summed E-state index contributed by atoms with van der Waals surface area (Å²) in [5.74, 6) is 0. The van der Waals surface area contributed by atoms with Crippen LogP contribution in [0.4, 0.5) is 0 Å². The Bertz CT molecular complexity index is 212. The molecule has 0 aliphatic carbocycles. The quantitative estimate of drug-likeness (QED) is 0.559. The van der Waals surface area contributed by atoms with Crippen LogP contribution in [-0.2, 0) is 11.4 Å². The third kappa shape index (κ3) is 13.2. The molecule has 1 aromatic carbocycles. The van der Waals surface area contributed by atoms with Gasteiger partial charge in [-0.3, -0.25) is 0 Å². The van der Waals surface area contributed by atoms with Crippen LogP contribution in [0.1, 0.15) is 0 Å². The number of halogens is 5. The number of nitrogens with two attached hydrogens (primary N) is 1. The second-order valence-corrected chi connectivity index (χ2v) is 8.69. The zero-order chi connectivity index (χ0) is 9.56. The Labute approximate surface area is 104 Å². The van der Waals surface area contributed by atoms with E-state index < -0.39 is 11.4 Å². The van der Waals surface area contributed by atoms with Gasteiger partial charge in [0, 0.05) is 0 Å². The smallest absolute Gasteiger partial charge is 0.693 e. The Morgan fingerprint density at radius 2 is 1.62 bits per heavy atom. The average Bonchev–Trinajstić information content (AvgIpc) is 1.84. The van der Waals surface area contributed by atoms with E-state index in [1.54, 1.807) is 18.2 Å². The molecule has 7 heteroatoms. The SMILES string of the molecule is Clc1[c-]ccc(Cl)c1.[Cl][Cr]([Cl])[Cl].[NH2-]. The van der Waals surface area contributed by atoms with Crippen molar-refractivity contribution in [3.63, 3.8) is 0 Å². The summed E-state index contributed by atoms with van der Waals surface area (Å²) in [6.07, 6.45) is 0. The minimum Gasteiger partial charge on any atom is -0.693 e. The minimum atomic E-state index is -1.62. The van der Waals surface area contributed by atoms with Crippen LogP contribution < -0.4 is 0 Å². The molecule has 0 radical (unpaired) electrons. The summed E-state index contributed by atoms with van der Waals surface area (Å²) in [5.41, 5.74) is 0. The third-order valence-corrected chi connectivity index (χ3v) is 1.18. The molecular weight excluding hydrogens is 315 g/mol. The van der Waals surface area contributed by atoms with Crippen LogP contribution in [-0.4, -0.2) is 0 Å². The second kappa shape index (κ2) is 9.71. The summed E-state index contributed by atoms with van der Waals surface area (Å²) in [6.45, 7) is 0. The summed E-state index contributed by atoms with van der Waals surface area (Å²) in [4.78, 5) is 0. The molecule has 0 atom stereocenters. The Hall–Kier alpha value is 1.16. The fourth-order valence-electron chi connectivity index (χ4n) is 0.412. The van der Waals surface area contributed by atoms with Gasteiger partial charge in [-0.1, -0.05) is 10.0 Å². The molecule has 77 valence electrons. The molecule has 2 N–H and O–H groups in total. The minimum absolute atomic E-state index is 0. The van der Waals surface area contributed by atoms with Gasteiger partial charge in [-0.25, -0.2) is 0 Å². The van der Waals surface area contributed by atoms with Crippen molar-refractivity contribution in [3.8, 4) is 0 Å². The molecule has 0 heterocycles. The maximum atomic E-state index is 5.54. The molecular formula is C6H5Cl5CrN-2. The van der Waals surface area contributed by atoms with Crippen molar-refractivity contribution in [2.75, 3.05) is 0 Å². The Morgan fingerprint density at radius 1 is 1.15 bits per heavy atom. The first-order chi connectivity index (χ1) is 5.52. The van der Waals surface area contributed by atoms with Gasteiger partial charge in [-0.2, -0.15) is 18.2 Å². The number of rotatable bonds is 0. The molecule has 0 aliphatic heterocycles. The third-order valence-electron chi connectivity index (χ3n) is 0.728. The van der Waals surface area contributed by atoms with E-state index in [4.69, 9.17) is 53.3 Å². The van der Waals surface area contributed by atoms with Gasteiger partial charge in [-0.05, 0) is 0 Å². The van der Waals surface area contributed by atoms with E-state index >= 15 is 0 Å². The van der Waals surface area contributed by atoms with Crippen LogP contribution in [0.5, 0.6) is 0 Å². The van der Waals surface area contributed by atoms with E-state index in [9.17, 15) is 0 Å². The van der Waals surface area contributed by atoms with Gasteiger partial charge < -0.3 is 6.15 Å². The molecule has 0 spiro atoms. The normalized spacial score (nSPS) is 8.46. The summed E-state index contributed by atoms with van der Waals surface area (Å²) >= 11 is 9.42. The van der Waals surface area contributed by atoms with Gasteiger partial charge in [0.15, 0.2) is 0 Å². The zero-order valence-corrected chi connectivity index (χ0v) is 11.2. The average molecular weight is 320 g/mol. The van der Waals surface area contributed by atoms with Crippen LogP contribution in [0.25, 0.3) is 6.15 Å². The Kier molecular flexibility index (Phi) is 12.4. The monoisotopic (exact) mass is 318 g/mol. The van der Waals surface area contributed by atoms with Crippen molar-refractivity contribution >= 4 is 53.3 Å². The van der Waals surface area contributed by atoms with Gasteiger partial charge in [0.25, 0.3) is 0 Å². The molecule has 0 bridgehead atoms. The molecule has 0 aromatic heterocycles. The van der Waals surface area contributed by atoms with Gasteiger partial charge in [-0.15, -0.1) is 29.3 Å². The summed E-state index contributed by atoms with van der Waals surface area (Å²) in [7, 11) is 14.8. The van der Waals surface area contributed by atoms with Crippen molar-refractivity contribution in [1.29, 1.82) is 0 Å². The topological polar surface area (TPSA) is 33.5 Å². The molecule has 1 aromatic rings. The molecule has 0 amide bonds. The molecule has 0 fully saturated rings. The van der Waals surface area contributed by atoms with Gasteiger partial charge in [0.1, 0.15) is 0 Å². The first kappa shape index (κ1) is 16.6. The maximum Gasteiger partial charge on any atom is -0.693 e. The van der Waals surface area contributed by atoms with Crippen molar-refractivity contribution in [2.24, 2.45) is 0 Å². The van der Waals surface area contributed by atoms with Crippen LogP contribution >= 0.6 is 53.3 Å². The molecule has 1 nitrogen and oxygen atoms in total. The number of benzene rings is 1. The second-order valence-electron chi connectivity index (χ2n) is 1.53. The summed E-state index contributed by atoms with van der Waals surface area (Å²) in [6, 6.07) is 7.81. The largest absolute Gasteiger partial charge is 0.693 e. The molecule has 0 saturated heterocycles. The first-order valence-corrected chi connectivity index (χ1v) is 8.60. The van der Waals surface area contributed by atoms with Crippen LogP contribution in [0, 0.1) is 6.07 Å². The van der Waals surface area contributed by atoms with E-state index in [1.165, 1.54) is 0 Å². The molecule has 1 rings (SSSR count). The van der Waals surface area contributed by atoms with Gasteiger partial charge in [0.05, 0.1) is 0 Å². The maximum absolute atomic E-state index is 5.54. The summed E-state index contributed by atoms with van der Waals surface area (Å²) in [5, 5.41) is 1.20. The Morgan fingerprint density at radius 3 is 1.85 bits per heavy atom. The number of hydrogen-bond donors (Lipinski definition) is 0. The van der Waals surface area contributed by atoms with E-state index in [2.05, 4.69) is 6.07 Å². The number of hydrogen-bond acceptors (Lipinski definition) is 0. The van der Waals surface area contributed by atoms with E-state index in [1.807, 2.05) is 0 Å². The van der Waals surface area contributed by atoms with Crippen molar-refractivity contribution < 1.29 is 11.4 Å². The molecule has 0 aliphatic rings. The predicted molar refractivity (Wildman–Crippen MR) is 58.1 cm³/mol. The summed E-state index contributed by atoms with van der Waals surface area (Å²) < 4.78 is 0. The molecule has 0 saturated carbocycles. The fraction of sp³-hybridized carbons (Fsp3) is 0. The van der Waals surface area contributed by atoms with Crippen LogP contribution in [0.2, 0.25) is 10.0 Å².